The van der Waals surface area contributed by atoms with Crippen molar-refractivity contribution in [3.05, 3.63) is 35.4 Å². The molecule has 1 aromatic rings. The van der Waals surface area contributed by atoms with E-state index in [2.05, 4.69) is 36.5 Å². The monoisotopic (exact) mass is 287 g/mol. The van der Waals surface area contributed by atoms with Gasteiger partial charge in [-0.1, -0.05) is 24.3 Å². The van der Waals surface area contributed by atoms with Crippen LogP contribution >= 0.6 is 0 Å². The highest BCUT2D eigenvalue weighted by molar-refractivity contribution is 5.72. The highest BCUT2D eigenvalue weighted by Gasteiger charge is 2.54. The first-order chi connectivity index (χ1) is 10.1. The van der Waals surface area contributed by atoms with Crippen LogP contribution in [-0.2, 0) is 21.4 Å². The molecular weight excluding hydrogens is 262 g/mol. The number of ether oxygens (including phenoxy) is 1. The molecule has 0 aromatic heterocycles. The maximum atomic E-state index is 12.3. The molecule has 1 aromatic carbocycles. The van der Waals surface area contributed by atoms with Crippen LogP contribution in [0.4, 0.5) is 0 Å². The van der Waals surface area contributed by atoms with Crippen LogP contribution in [0, 0.1) is 0 Å². The van der Waals surface area contributed by atoms with Crippen LogP contribution in [-0.4, -0.2) is 24.7 Å². The Kier molecular flexibility index (Phi) is 3.78. The summed E-state index contributed by atoms with van der Waals surface area (Å²) in [5.74, 6) is -0.0656. The molecule has 21 heavy (non-hydrogen) atoms. The molecule has 0 radical (unpaired) electrons. The number of hydrogen-bond acceptors (Lipinski definition) is 3. The molecule has 0 amide bonds. The Hall–Kier alpha value is -1.35. The number of carbonyl (C=O) groups excluding carboxylic acids is 1. The van der Waals surface area contributed by atoms with E-state index in [0.717, 1.165) is 32.2 Å². The van der Waals surface area contributed by atoms with E-state index >= 15 is 0 Å². The summed E-state index contributed by atoms with van der Waals surface area (Å²) in [5.41, 5.74) is 2.64. The molecule has 0 spiro atoms. The molecule has 2 aliphatic rings. The number of hydrogen-bond donors (Lipinski definition) is 1. The number of fused-ring (bicyclic) bond motifs is 3. The summed E-state index contributed by atoms with van der Waals surface area (Å²) in [6.07, 6.45) is 4.84. The fourth-order valence-corrected chi connectivity index (χ4v) is 4.39. The Labute approximate surface area is 127 Å². The molecular formula is C18H25NO2. The van der Waals surface area contributed by atoms with Crippen molar-refractivity contribution < 1.29 is 9.53 Å². The lowest BCUT2D eigenvalue weighted by Gasteiger charge is -2.56. The molecule has 1 N–H and O–H groups in total. The van der Waals surface area contributed by atoms with Crippen LogP contribution in [0.5, 0.6) is 0 Å². The van der Waals surface area contributed by atoms with Crippen LogP contribution in [0.3, 0.4) is 0 Å². The number of nitrogens with one attached hydrogen (secondary N) is 1. The van der Waals surface area contributed by atoms with Crippen molar-refractivity contribution in [2.75, 3.05) is 13.2 Å². The minimum absolute atomic E-state index is 0.00757. The molecule has 114 valence electrons. The predicted octanol–water partition coefficient (Wildman–Crippen LogP) is 2.97. The SMILES string of the molecule is CCOC(=O)C[C@@]12CCCNC1(C)CCc1ccccc12. The Morgan fingerprint density at radius 3 is 2.95 bits per heavy atom. The molecule has 0 bridgehead atoms. The third kappa shape index (κ3) is 2.28. The maximum absolute atomic E-state index is 12.3. The van der Waals surface area contributed by atoms with Gasteiger partial charge in [-0.05, 0) is 57.2 Å². The van der Waals surface area contributed by atoms with Gasteiger partial charge in [0, 0.05) is 11.0 Å². The molecule has 3 heteroatoms. The molecule has 2 atom stereocenters. The highest BCUT2D eigenvalue weighted by Crippen LogP contribution is 2.51. The van der Waals surface area contributed by atoms with Gasteiger partial charge in [0.25, 0.3) is 0 Å². The smallest absolute Gasteiger partial charge is 0.306 e. The summed E-state index contributed by atoms with van der Waals surface area (Å²) in [4.78, 5) is 12.3. The third-order valence-electron chi connectivity index (χ3n) is 5.53. The van der Waals surface area contributed by atoms with E-state index < -0.39 is 0 Å². The molecule has 3 nitrogen and oxygen atoms in total. The Morgan fingerprint density at radius 2 is 2.14 bits per heavy atom. The normalized spacial score (nSPS) is 31.1. The lowest BCUT2D eigenvalue weighted by atomic mass is 9.54. The van der Waals surface area contributed by atoms with E-state index in [9.17, 15) is 4.79 Å². The van der Waals surface area contributed by atoms with Gasteiger partial charge in [0.05, 0.1) is 13.0 Å². The maximum Gasteiger partial charge on any atom is 0.306 e. The van der Waals surface area contributed by atoms with Crippen molar-refractivity contribution in [3.63, 3.8) is 0 Å². The minimum atomic E-state index is -0.119. The quantitative estimate of drug-likeness (QED) is 0.869. The molecule has 0 saturated carbocycles. The van der Waals surface area contributed by atoms with Gasteiger partial charge < -0.3 is 10.1 Å². The van der Waals surface area contributed by atoms with E-state index in [0.29, 0.717) is 13.0 Å². The zero-order valence-corrected chi connectivity index (χ0v) is 13.1. The van der Waals surface area contributed by atoms with Gasteiger partial charge in [0.15, 0.2) is 0 Å². The van der Waals surface area contributed by atoms with Crippen LogP contribution in [0.15, 0.2) is 24.3 Å². The van der Waals surface area contributed by atoms with Crippen molar-refractivity contribution in [1.82, 2.24) is 5.32 Å². The summed E-state index contributed by atoms with van der Waals surface area (Å²) in [5, 5.41) is 3.72. The lowest BCUT2D eigenvalue weighted by molar-refractivity contribution is -0.146. The fraction of sp³-hybridized carbons (Fsp3) is 0.611. The first kappa shape index (κ1) is 14.6. The van der Waals surface area contributed by atoms with Crippen molar-refractivity contribution >= 4 is 5.97 Å². The van der Waals surface area contributed by atoms with Gasteiger partial charge in [-0.15, -0.1) is 0 Å². The van der Waals surface area contributed by atoms with Crippen LogP contribution in [0.2, 0.25) is 0 Å². The number of carbonyl (C=O) groups is 1. The average molecular weight is 287 g/mol. The number of esters is 1. The second-order valence-electron chi connectivity index (χ2n) is 6.58. The number of piperidine rings is 1. The fourth-order valence-electron chi connectivity index (χ4n) is 4.39. The Bertz CT molecular complexity index is 542. The summed E-state index contributed by atoms with van der Waals surface area (Å²) >= 11 is 0. The molecule has 1 aliphatic heterocycles. The molecule has 1 fully saturated rings. The van der Waals surface area contributed by atoms with E-state index in [1.54, 1.807) is 0 Å². The first-order valence-electron chi connectivity index (χ1n) is 8.10. The summed E-state index contributed by atoms with van der Waals surface area (Å²) in [6.45, 7) is 5.67. The van der Waals surface area contributed by atoms with E-state index in [1.807, 2.05) is 6.92 Å². The average Bonchev–Trinajstić information content (AvgIpc) is 2.48. The number of aryl methyl sites for hydroxylation is 1. The van der Waals surface area contributed by atoms with Crippen LogP contribution in [0.25, 0.3) is 0 Å². The number of rotatable bonds is 3. The van der Waals surface area contributed by atoms with Crippen molar-refractivity contribution in [3.8, 4) is 0 Å². The minimum Gasteiger partial charge on any atom is -0.466 e. The van der Waals surface area contributed by atoms with Crippen LogP contribution < -0.4 is 5.32 Å². The molecule has 1 unspecified atom stereocenters. The predicted molar refractivity (Wildman–Crippen MR) is 83.3 cm³/mol. The molecule has 3 rings (SSSR count). The van der Waals surface area contributed by atoms with Crippen LogP contribution in [0.1, 0.15) is 50.7 Å². The zero-order valence-electron chi connectivity index (χ0n) is 13.1. The summed E-state index contributed by atoms with van der Waals surface area (Å²) in [6, 6.07) is 8.65. The molecule has 1 saturated heterocycles. The second-order valence-corrected chi connectivity index (χ2v) is 6.58. The van der Waals surface area contributed by atoms with Gasteiger partial charge in [-0.2, -0.15) is 0 Å². The van der Waals surface area contributed by atoms with Gasteiger partial charge in [0.2, 0.25) is 0 Å². The summed E-state index contributed by atoms with van der Waals surface area (Å²) < 4.78 is 5.28. The first-order valence-corrected chi connectivity index (χ1v) is 8.10. The Balaban J connectivity index is 2.06. The standard InChI is InChI=1S/C18H25NO2/c1-3-21-16(20)13-18-10-6-12-19-17(18,2)11-9-14-7-4-5-8-15(14)18/h4-5,7-8,19H,3,6,9-13H2,1-2H3/t17?,18-/m1/s1. The van der Waals surface area contributed by atoms with Crippen molar-refractivity contribution in [1.29, 1.82) is 0 Å². The van der Waals surface area contributed by atoms with Crippen molar-refractivity contribution in [2.45, 2.75) is 56.9 Å². The lowest BCUT2D eigenvalue weighted by Crippen LogP contribution is -2.64. The number of benzene rings is 1. The van der Waals surface area contributed by atoms with Gasteiger partial charge in [-0.25, -0.2) is 0 Å². The molecule has 1 aliphatic carbocycles. The van der Waals surface area contributed by atoms with E-state index in [4.69, 9.17) is 4.74 Å². The van der Waals surface area contributed by atoms with Crippen molar-refractivity contribution in [2.24, 2.45) is 0 Å². The second kappa shape index (κ2) is 5.45. The van der Waals surface area contributed by atoms with Gasteiger partial charge >= 0.3 is 5.97 Å². The topological polar surface area (TPSA) is 38.3 Å². The van der Waals surface area contributed by atoms with Gasteiger partial charge in [-0.3, -0.25) is 4.79 Å². The third-order valence-corrected chi connectivity index (χ3v) is 5.53. The zero-order chi connectivity index (χ0) is 14.9. The largest absolute Gasteiger partial charge is 0.466 e. The Morgan fingerprint density at radius 1 is 1.33 bits per heavy atom. The van der Waals surface area contributed by atoms with E-state index in [-0.39, 0.29) is 16.9 Å². The van der Waals surface area contributed by atoms with Gasteiger partial charge in [0.1, 0.15) is 0 Å². The summed E-state index contributed by atoms with van der Waals surface area (Å²) in [7, 11) is 0. The molecule has 1 heterocycles. The van der Waals surface area contributed by atoms with E-state index in [1.165, 1.54) is 11.1 Å². The highest BCUT2D eigenvalue weighted by atomic mass is 16.5.